The van der Waals surface area contributed by atoms with Gasteiger partial charge in [0.25, 0.3) is 11.5 Å². The zero-order chi connectivity index (χ0) is 39.8. The number of ether oxygens (including phenoxy) is 2. The number of hydrogen-bond acceptors (Lipinski definition) is 17. The summed E-state index contributed by atoms with van der Waals surface area (Å²) < 4.78 is 11.8. The molecule has 0 aliphatic carbocycles. The Balaban J connectivity index is 1.03. The monoisotopic (exact) mass is 769 g/mol. The fourth-order valence-corrected chi connectivity index (χ4v) is 5.47. The Morgan fingerprint density at radius 3 is 2.49 bits per heavy atom. The van der Waals surface area contributed by atoms with E-state index < -0.39 is 72.1 Å². The molecule has 3 aromatic heterocycles. The molecule has 1 saturated heterocycles. The minimum Gasteiger partial charge on any atom is -0.480 e. The van der Waals surface area contributed by atoms with Crippen LogP contribution in [0, 0.1) is 0 Å². The van der Waals surface area contributed by atoms with E-state index in [1.54, 1.807) is 25.3 Å². The molecule has 4 heterocycles. The van der Waals surface area contributed by atoms with Crippen LogP contribution in [0.15, 0.2) is 41.5 Å². The average Bonchev–Trinajstić information content (AvgIpc) is 3.58. The Morgan fingerprint density at radius 1 is 1.04 bits per heavy atom. The van der Waals surface area contributed by atoms with Gasteiger partial charge < -0.3 is 56.7 Å². The van der Waals surface area contributed by atoms with E-state index in [0.29, 0.717) is 17.1 Å². The number of carboxylic acids is 2. The summed E-state index contributed by atoms with van der Waals surface area (Å²) in [6.07, 6.45) is -5.74. The highest BCUT2D eigenvalue weighted by atomic mass is 16.7. The van der Waals surface area contributed by atoms with Crippen LogP contribution in [-0.2, 0) is 43.4 Å². The summed E-state index contributed by atoms with van der Waals surface area (Å²) in [5.41, 5.74) is 6.86. The van der Waals surface area contributed by atoms with Crippen LogP contribution in [0.25, 0.3) is 11.2 Å². The number of aliphatic carboxylic acids is 2. The summed E-state index contributed by atoms with van der Waals surface area (Å²) >= 11 is 0. The number of aliphatic hydroxyl groups is 3. The summed E-state index contributed by atoms with van der Waals surface area (Å²) in [5, 5.41) is 64.8. The van der Waals surface area contributed by atoms with Crippen molar-refractivity contribution in [3.05, 3.63) is 64.0 Å². The quantitative estimate of drug-likeness (QED) is 0.0515. The second-order valence-electron chi connectivity index (χ2n) is 12.6. The third-order valence-electron chi connectivity index (χ3n) is 8.29. The van der Waals surface area contributed by atoms with E-state index in [-0.39, 0.29) is 61.6 Å². The summed E-state index contributed by atoms with van der Waals surface area (Å²) in [4.78, 5) is 75.3. The first-order chi connectivity index (χ1) is 26.2. The molecule has 0 saturated carbocycles. The third kappa shape index (κ3) is 10.5. The molecule has 1 fully saturated rings. The maximum atomic E-state index is 12.8. The van der Waals surface area contributed by atoms with Crippen molar-refractivity contribution in [1.82, 2.24) is 45.6 Å². The standard InChI is InChI=1S/C32H39N11O12/c1-14(10-17-13-43(42-41-17)8-9-54-31-24(47)22(45)23(46)25(55-31)30(52)53)36-20(44)7-6-19(29(50)51)38-27(48)15-2-4-16(5-3-15)34-11-18-12-35-26-21(37-18)28(49)40-32(33)39-26/h2-5,12-14,19,22-25,31,34,45-47H,6-11H2,1H3,(H,36,44)(H,38,48)(H,50,51)(H,52,53)(H3,33,35,39,40,49)/t14-,19+,22+,23?,24+,25?,31?/m1/s1. The van der Waals surface area contributed by atoms with E-state index in [1.165, 1.54) is 23.0 Å². The van der Waals surface area contributed by atoms with Gasteiger partial charge in [0.2, 0.25) is 11.9 Å². The molecule has 4 aromatic rings. The zero-order valence-electron chi connectivity index (χ0n) is 29.1. The molecule has 0 spiro atoms. The molecule has 1 aliphatic rings. The van der Waals surface area contributed by atoms with Gasteiger partial charge in [-0.05, 0) is 37.6 Å². The predicted molar refractivity (Wildman–Crippen MR) is 186 cm³/mol. The lowest BCUT2D eigenvalue weighted by Crippen LogP contribution is -2.60. The van der Waals surface area contributed by atoms with Gasteiger partial charge in [-0.1, -0.05) is 5.21 Å². The van der Waals surface area contributed by atoms with Crippen LogP contribution < -0.4 is 27.2 Å². The highest BCUT2D eigenvalue weighted by Crippen LogP contribution is 2.22. The van der Waals surface area contributed by atoms with E-state index in [2.05, 4.69) is 46.2 Å². The number of aromatic amines is 1. The number of nitrogen functional groups attached to an aromatic ring is 1. The number of carbonyl (C=O) groups is 4. The van der Waals surface area contributed by atoms with Crippen molar-refractivity contribution < 1.29 is 54.2 Å². The Labute approximate surface area is 309 Å². The molecule has 23 heteroatoms. The lowest BCUT2D eigenvalue weighted by molar-refractivity contribution is -0.294. The van der Waals surface area contributed by atoms with E-state index in [4.69, 9.17) is 20.3 Å². The first-order valence-electron chi connectivity index (χ1n) is 16.8. The number of amides is 2. The number of aromatic nitrogens is 7. The number of anilines is 2. The fraction of sp³-hybridized carbons (Fsp3) is 0.438. The number of nitrogens with zero attached hydrogens (tertiary/aromatic N) is 6. The number of aliphatic hydroxyl groups excluding tert-OH is 3. The van der Waals surface area contributed by atoms with Gasteiger partial charge in [0.1, 0.15) is 24.4 Å². The van der Waals surface area contributed by atoms with Crippen molar-refractivity contribution in [3.8, 4) is 0 Å². The number of fused-ring (bicyclic) bond motifs is 1. The van der Waals surface area contributed by atoms with Crippen LogP contribution in [0.3, 0.4) is 0 Å². The number of hydrogen-bond donors (Lipinski definition) is 10. The molecule has 0 radical (unpaired) electrons. The van der Waals surface area contributed by atoms with Crippen molar-refractivity contribution in [3.63, 3.8) is 0 Å². The number of benzene rings is 1. The smallest absolute Gasteiger partial charge is 0.335 e. The molecular formula is C32H39N11O12. The fourth-order valence-electron chi connectivity index (χ4n) is 5.47. The minimum atomic E-state index is -1.84. The Bertz CT molecular complexity index is 2060. The van der Waals surface area contributed by atoms with Gasteiger partial charge in [0.05, 0.1) is 37.3 Å². The molecule has 3 unspecified atom stereocenters. The van der Waals surface area contributed by atoms with Crippen LogP contribution in [0.4, 0.5) is 11.6 Å². The van der Waals surface area contributed by atoms with Crippen molar-refractivity contribution >= 4 is 46.6 Å². The molecule has 1 aliphatic heterocycles. The number of rotatable bonds is 17. The van der Waals surface area contributed by atoms with Gasteiger partial charge in [-0.15, -0.1) is 5.10 Å². The lowest BCUT2D eigenvalue weighted by Gasteiger charge is -2.38. The van der Waals surface area contributed by atoms with Crippen LogP contribution in [0.5, 0.6) is 0 Å². The molecule has 5 rings (SSSR count). The number of nitrogens with one attached hydrogen (secondary N) is 4. The molecule has 11 N–H and O–H groups in total. The largest absolute Gasteiger partial charge is 0.480 e. The number of H-pyrrole nitrogens is 1. The molecular weight excluding hydrogens is 730 g/mol. The van der Waals surface area contributed by atoms with Gasteiger partial charge in [-0.25, -0.2) is 24.2 Å². The molecule has 0 bridgehead atoms. The van der Waals surface area contributed by atoms with Crippen LogP contribution in [0.1, 0.15) is 41.5 Å². The molecule has 7 atom stereocenters. The topological polar surface area (TPSA) is 352 Å². The van der Waals surface area contributed by atoms with Gasteiger partial charge in [0, 0.05) is 36.3 Å². The Morgan fingerprint density at radius 2 is 1.78 bits per heavy atom. The van der Waals surface area contributed by atoms with Crippen molar-refractivity contribution in [2.24, 2.45) is 0 Å². The summed E-state index contributed by atoms with van der Waals surface area (Å²) in [7, 11) is 0. The maximum absolute atomic E-state index is 12.8. The minimum absolute atomic E-state index is 0.0322. The molecule has 2 amide bonds. The van der Waals surface area contributed by atoms with E-state index in [9.17, 15) is 44.4 Å². The maximum Gasteiger partial charge on any atom is 0.335 e. The third-order valence-corrected chi connectivity index (χ3v) is 8.29. The zero-order valence-corrected chi connectivity index (χ0v) is 29.1. The van der Waals surface area contributed by atoms with E-state index in [1.807, 2.05) is 0 Å². The number of nitrogens with two attached hydrogens (primary N) is 1. The van der Waals surface area contributed by atoms with Crippen molar-refractivity contribution in [2.45, 2.75) is 82.1 Å². The second kappa shape index (κ2) is 17.8. The molecule has 23 nitrogen and oxygen atoms in total. The first-order valence-corrected chi connectivity index (χ1v) is 16.8. The predicted octanol–water partition coefficient (Wildman–Crippen LogP) is -2.88. The van der Waals surface area contributed by atoms with Gasteiger partial charge in [-0.2, -0.15) is 4.98 Å². The Hall–Kier alpha value is -6.14. The molecule has 1 aromatic carbocycles. The SMILES string of the molecule is C[C@H](Cc1cn(CCOC2OC(C(=O)O)C(O)[C@H](O)[C@@H]2O)nn1)NC(=O)CC[C@H](NC(=O)c1ccc(NCc2cnc3nc(N)[nH]c(=O)c3n2)cc1)C(=O)O. The first kappa shape index (κ1) is 40.1. The van der Waals surface area contributed by atoms with Crippen LogP contribution in [0.2, 0.25) is 0 Å². The second-order valence-corrected chi connectivity index (χ2v) is 12.6. The Kier molecular flexibility index (Phi) is 13.0. The van der Waals surface area contributed by atoms with Crippen molar-refractivity contribution in [2.75, 3.05) is 17.7 Å². The van der Waals surface area contributed by atoms with Gasteiger partial charge in [-0.3, -0.25) is 19.4 Å². The lowest BCUT2D eigenvalue weighted by atomic mass is 9.99. The van der Waals surface area contributed by atoms with Crippen LogP contribution >= 0.6 is 0 Å². The van der Waals surface area contributed by atoms with Crippen molar-refractivity contribution in [1.29, 1.82) is 0 Å². The normalized spacial score (nSPS) is 20.7. The highest BCUT2D eigenvalue weighted by molar-refractivity contribution is 5.97. The van der Waals surface area contributed by atoms with Gasteiger partial charge in [0.15, 0.2) is 23.6 Å². The molecule has 294 valence electrons. The van der Waals surface area contributed by atoms with E-state index in [0.717, 1.165) is 0 Å². The summed E-state index contributed by atoms with van der Waals surface area (Å²) in [6.45, 7) is 1.87. The summed E-state index contributed by atoms with van der Waals surface area (Å²) in [6, 6.07) is 4.39. The van der Waals surface area contributed by atoms with E-state index >= 15 is 0 Å². The molecule has 55 heavy (non-hydrogen) atoms. The summed E-state index contributed by atoms with van der Waals surface area (Å²) in [5.74, 6) is -4.04. The highest BCUT2D eigenvalue weighted by Gasteiger charge is 2.47. The average molecular weight is 770 g/mol. The van der Waals surface area contributed by atoms with Gasteiger partial charge >= 0.3 is 11.9 Å². The number of carboxylic acid groups (broad SMARTS) is 2. The van der Waals surface area contributed by atoms with Crippen LogP contribution in [-0.4, -0.2) is 134 Å². The number of carbonyl (C=O) groups excluding carboxylic acids is 2.